The van der Waals surface area contributed by atoms with Crippen LogP contribution in [0.4, 0.5) is 19.0 Å². The fourth-order valence-corrected chi connectivity index (χ4v) is 3.05. The highest BCUT2D eigenvalue weighted by Crippen LogP contribution is 2.35. The Morgan fingerprint density at radius 2 is 1.88 bits per heavy atom. The van der Waals surface area contributed by atoms with Crippen molar-refractivity contribution in [3.05, 3.63) is 23.3 Å². The van der Waals surface area contributed by atoms with Gasteiger partial charge in [-0.15, -0.1) is 5.10 Å². The van der Waals surface area contributed by atoms with Crippen LogP contribution in [0.1, 0.15) is 11.1 Å². The number of aromatic nitrogens is 5. The highest BCUT2D eigenvalue weighted by molar-refractivity contribution is 5.84. The fourth-order valence-electron chi connectivity index (χ4n) is 3.05. The smallest absolute Gasteiger partial charge is 0.351 e. The van der Waals surface area contributed by atoms with Crippen LogP contribution in [-0.2, 0) is 6.18 Å². The predicted molar refractivity (Wildman–Crippen MR) is 85.5 cm³/mol. The molecular formula is C15H13F3N8. The zero-order valence-electron chi connectivity index (χ0n) is 13.7. The van der Waals surface area contributed by atoms with E-state index in [-0.39, 0.29) is 11.0 Å². The molecule has 0 bridgehead atoms. The normalized spacial score (nSPS) is 16.3. The summed E-state index contributed by atoms with van der Waals surface area (Å²) in [5, 5.41) is 20.5. The van der Waals surface area contributed by atoms with Crippen LogP contribution >= 0.6 is 0 Å². The van der Waals surface area contributed by atoms with Gasteiger partial charge in [0, 0.05) is 26.2 Å². The molecule has 0 aliphatic carbocycles. The number of hydrogen-bond acceptors (Lipinski definition) is 7. The summed E-state index contributed by atoms with van der Waals surface area (Å²) in [6.07, 6.45) is -4.66. The Balaban J connectivity index is 1.96. The van der Waals surface area contributed by atoms with Crippen LogP contribution in [0.5, 0.6) is 0 Å². The number of fused-ring (bicyclic) bond motifs is 3. The maximum absolute atomic E-state index is 13.3. The molecule has 1 aromatic carbocycles. The lowest BCUT2D eigenvalue weighted by atomic mass is 10.1. The lowest BCUT2D eigenvalue weighted by molar-refractivity contribution is -0.137. The van der Waals surface area contributed by atoms with Gasteiger partial charge in [-0.05, 0) is 29.6 Å². The number of likely N-dealkylation sites (N-methyl/N-ethyl adjacent to an activating group) is 1. The number of hydrogen-bond donors (Lipinski definition) is 0. The molecular weight excluding hydrogens is 349 g/mol. The van der Waals surface area contributed by atoms with Gasteiger partial charge in [-0.25, -0.2) is 4.98 Å². The molecule has 0 radical (unpaired) electrons. The van der Waals surface area contributed by atoms with Crippen molar-refractivity contribution in [3.63, 3.8) is 0 Å². The van der Waals surface area contributed by atoms with Gasteiger partial charge in [-0.3, -0.25) is 0 Å². The molecule has 3 heterocycles. The number of rotatable bonds is 1. The summed E-state index contributed by atoms with van der Waals surface area (Å²) in [5.41, 5.74) is -0.870. The van der Waals surface area contributed by atoms with Crippen LogP contribution in [0.2, 0.25) is 0 Å². The number of nitriles is 1. The monoisotopic (exact) mass is 362 g/mol. The van der Waals surface area contributed by atoms with Crippen LogP contribution in [0.25, 0.3) is 16.7 Å². The molecule has 8 nitrogen and oxygen atoms in total. The molecule has 4 rings (SSSR count). The van der Waals surface area contributed by atoms with Crippen molar-refractivity contribution in [2.75, 3.05) is 38.1 Å². The van der Waals surface area contributed by atoms with Crippen molar-refractivity contribution in [1.29, 1.82) is 5.26 Å². The lowest BCUT2D eigenvalue weighted by Crippen LogP contribution is -2.45. The molecule has 26 heavy (non-hydrogen) atoms. The summed E-state index contributed by atoms with van der Waals surface area (Å²) in [5.74, 6) is 0.499. The van der Waals surface area contributed by atoms with Crippen molar-refractivity contribution in [2.24, 2.45) is 0 Å². The molecule has 0 spiro atoms. The van der Waals surface area contributed by atoms with Crippen LogP contribution in [0, 0.1) is 11.3 Å². The summed E-state index contributed by atoms with van der Waals surface area (Å²) in [6, 6.07) is 3.61. The van der Waals surface area contributed by atoms with Gasteiger partial charge in [0.2, 0.25) is 5.65 Å². The molecule has 1 aliphatic heterocycles. The zero-order valence-corrected chi connectivity index (χ0v) is 13.7. The zero-order chi connectivity index (χ0) is 18.5. The van der Waals surface area contributed by atoms with Crippen molar-refractivity contribution >= 4 is 22.5 Å². The summed E-state index contributed by atoms with van der Waals surface area (Å²) in [6.45, 7) is 3.04. The molecule has 0 saturated carbocycles. The molecule has 3 aromatic rings. The van der Waals surface area contributed by atoms with Crippen molar-refractivity contribution in [3.8, 4) is 6.07 Å². The molecule has 0 atom stereocenters. The Bertz CT molecular complexity index is 1030. The molecule has 1 fully saturated rings. The number of halogens is 3. The highest BCUT2D eigenvalue weighted by atomic mass is 19.4. The van der Waals surface area contributed by atoms with E-state index < -0.39 is 17.3 Å². The third-order valence-corrected chi connectivity index (χ3v) is 4.47. The molecule has 0 unspecified atom stereocenters. The average Bonchev–Trinajstić information content (AvgIpc) is 3.09. The number of anilines is 1. The van der Waals surface area contributed by atoms with E-state index >= 15 is 0 Å². The first-order chi connectivity index (χ1) is 12.4. The van der Waals surface area contributed by atoms with Crippen molar-refractivity contribution in [2.45, 2.75) is 6.18 Å². The summed E-state index contributed by atoms with van der Waals surface area (Å²) >= 11 is 0. The lowest BCUT2D eigenvalue weighted by Gasteiger charge is -2.33. The number of tetrazole rings is 1. The van der Waals surface area contributed by atoms with Crippen LogP contribution < -0.4 is 4.90 Å². The molecule has 1 aliphatic rings. The maximum atomic E-state index is 13.3. The van der Waals surface area contributed by atoms with E-state index in [9.17, 15) is 13.2 Å². The fraction of sp³-hybridized carbons (Fsp3) is 0.400. The van der Waals surface area contributed by atoms with Crippen molar-refractivity contribution < 1.29 is 13.2 Å². The van der Waals surface area contributed by atoms with Gasteiger partial charge < -0.3 is 9.80 Å². The second-order valence-electron chi connectivity index (χ2n) is 6.14. The third kappa shape index (κ3) is 2.59. The molecule has 2 aromatic heterocycles. The first-order valence-corrected chi connectivity index (χ1v) is 7.85. The predicted octanol–water partition coefficient (Wildman–Crippen LogP) is 1.31. The van der Waals surface area contributed by atoms with Gasteiger partial charge in [0.15, 0.2) is 5.82 Å². The Hall–Kier alpha value is -3.00. The Kier molecular flexibility index (Phi) is 3.66. The standard InChI is InChI=1S/C15H13F3N8/c1-24-2-4-25(5-3-24)13-14-21-22-23-26(14)12-7-10(15(16,17)18)9(8-19)6-11(12)20-13/h6-7H,2-5H2,1H3. The van der Waals surface area contributed by atoms with E-state index in [1.807, 2.05) is 11.9 Å². The first kappa shape index (κ1) is 16.5. The molecule has 0 amide bonds. The van der Waals surface area contributed by atoms with E-state index in [0.29, 0.717) is 24.6 Å². The van der Waals surface area contributed by atoms with Crippen LogP contribution in [0.15, 0.2) is 12.1 Å². The number of nitrogens with zero attached hydrogens (tertiary/aromatic N) is 8. The van der Waals surface area contributed by atoms with Gasteiger partial charge in [0.05, 0.1) is 28.2 Å². The van der Waals surface area contributed by atoms with Crippen molar-refractivity contribution in [1.82, 2.24) is 29.9 Å². The molecule has 11 heteroatoms. The van der Waals surface area contributed by atoms with E-state index in [0.717, 1.165) is 25.2 Å². The first-order valence-electron chi connectivity index (χ1n) is 7.85. The van der Waals surface area contributed by atoms with Crippen LogP contribution in [0.3, 0.4) is 0 Å². The molecule has 1 saturated heterocycles. The van der Waals surface area contributed by atoms with E-state index in [1.54, 1.807) is 6.07 Å². The van der Waals surface area contributed by atoms with Gasteiger partial charge >= 0.3 is 6.18 Å². The summed E-state index contributed by atoms with van der Waals surface area (Å²) in [7, 11) is 2.01. The Labute approximate surface area is 145 Å². The van der Waals surface area contributed by atoms with Gasteiger partial charge in [-0.2, -0.15) is 22.9 Å². The van der Waals surface area contributed by atoms with Gasteiger partial charge in [0.1, 0.15) is 0 Å². The van der Waals surface area contributed by atoms with Crippen LogP contribution in [-0.4, -0.2) is 63.2 Å². The largest absolute Gasteiger partial charge is 0.417 e. The number of alkyl halides is 3. The second kappa shape index (κ2) is 5.77. The highest BCUT2D eigenvalue weighted by Gasteiger charge is 2.35. The minimum Gasteiger partial charge on any atom is -0.351 e. The Morgan fingerprint density at radius 3 is 2.54 bits per heavy atom. The minimum absolute atomic E-state index is 0.106. The summed E-state index contributed by atoms with van der Waals surface area (Å²) in [4.78, 5) is 8.64. The molecule has 134 valence electrons. The van der Waals surface area contributed by atoms with Gasteiger partial charge in [-0.1, -0.05) is 0 Å². The second-order valence-corrected chi connectivity index (χ2v) is 6.14. The topological polar surface area (TPSA) is 86.2 Å². The quantitative estimate of drug-likeness (QED) is 0.645. The average molecular weight is 362 g/mol. The minimum atomic E-state index is -4.66. The van der Waals surface area contributed by atoms with Gasteiger partial charge in [0.25, 0.3) is 0 Å². The third-order valence-electron chi connectivity index (χ3n) is 4.47. The maximum Gasteiger partial charge on any atom is 0.417 e. The number of piperazine rings is 1. The Morgan fingerprint density at radius 1 is 1.15 bits per heavy atom. The SMILES string of the molecule is CN1CCN(c2nc3cc(C#N)c(C(F)(F)F)cc3n3nnnc23)CC1. The molecule has 0 N–H and O–H groups in total. The number of benzene rings is 1. The van der Waals surface area contributed by atoms with E-state index in [1.165, 1.54) is 4.52 Å². The summed E-state index contributed by atoms with van der Waals surface area (Å²) < 4.78 is 41.0. The van der Waals surface area contributed by atoms with E-state index in [4.69, 9.17) is 5.26 Å². The van der Waals surface area contributed by atoms with E-state index in [2.05, 4.69) is 25.4 Å².